The fourth-order valence-electron chi connectivity index (χ4n) is 2.61. The van der Waals surface area contributed by atoms with Gasteiger partial charge < -0.3 is 19.4 Å². The Hall–Kier alpha value is -1.82. The molecule has 23 heavy (non-hydrogen) atoms. The standard InChI is InChI=1S/C17H26N2O4/c1-2-3-8-18-16(20)6-9-19(12-15-5-4-10-23-15)17(21)14-7-11-22-13-14/h7,11,13,15H,2-6,8-10,12H2,1H3,(H,18,20). The molecule has 0 radical (unpaired) electrons. The van der Waals surface area contributed by atoms with E-state index in [4.69, 9.17) is 9.15 Å². The number of carbonyl (C=O) groups is 2. The van der Waals surface area contributed by atoms with Gasteiger partial charge >= 0.3 is 0 Å². The zero-order chi connectivity index (χ0) is 16.5. The van der Waals surface area contributed by atoms with Crippen molar-refractivity contribution in [2.45, 2.75) is 45.1 Å². The average molecular weight is 322 g/mol. The summed E-state index contributed by atoms with van der Waals surface area (Å²) < 4.78 is 10.6. The van der Waals surface area contributed by atoms with Crippen LogP contribution in [0, 0.1) is 0 Å². The van der Waals surface area contributed by atoms with Crippen LogP contribution in [0.25, 0.3) is 0 Å². The Labute approximate surface area is 137 Å². The zero-order valence-corrected chi connectivity index (χ0v) is 13.8. The van der Waals surface area contributed by atoms with Crippen LogP contribution in [0.1, 0.15) is 49.4 Å². The summed E-state index contributed by atoms with van der Waals surface area (Å²) in [6.45, 7) is 4.43. The molecular formula is C17H26N2O4. The van der Waals surface area contributed by atoms with Crippen LogP contribution in [-0.2, 0) is 9.53 Å². The van der Waals surface area contributed by atoms with Crippen molar-refractivity contribution in [3.05, 3.63) is 24.2 Å². The van der Waals surface area contributed by atoms with Crippen molar-refractivity contribution in [3.8, 4) is 0 Å². The van der Waals surface area contributed by atoms with E-state index in [1.54, 1.807) is 11.0 Å². The average Bonchev–Trinajstić information content (AvgIpc) is 3.24. The van der Waals surface area contributed by atoms with E-state index in [9.17, 15) is 9.59 Å². The molecule has 1 aliphatic heterocycles. The fraction of sp³-hybridized carbons (Fsp3) is 0.647. The van der Waals surface area contributed by atoms with Gasteiger partial charge in [0.1, 0.15) is 6.26 Å². The van der Waals surface area contributed by atoms with Crippen LogP contribution in [0.5, 0.6) is 0 Å². The van der Waals surface area contributed by atoms with Crippen LogP contribution >= 0.6 is 0 Å². The van der Waals surface area contributed by atoms with Gasteiger partial charge in [-0.25, -0.2) is 0 Å². The van der Waals surface area contributed by atoms with Crippen molar-refractivity contribution in [1.82, 2.24) is 10.2 Å². The number of amides is 2. The van der Waals surface area contributed by atoms with Gasteiger partial charge in [-0.3, -0.25) is 9.59 Å². The molecule has 128 valence electrons. The Morgan fingerprint density at radius 1 is 1.43 bits per heavy atom. The maximum absolute atomic E-state index is 12.5. The monoisotopic (exact) mass is 322 g/mol. The summed E-state index contributed by atoms with van der Waals surface area (Å²) in [6, 6.07) is 1.64. The maximum atomic E-state index is 12.5. The third-order valence-corrected chi connectivity index (χ3v) is 3.96. The van der Waals surface area contributed by atoms with Gasteiger partial charge in [-0.2, -0.15) is 0 Å². The first kappa shape index (κ1) is 17.5. The first-order chi connectivity index (χ1) is 11.2. The number of ether oxygens (including phenoxy) is 1. The van der Waals surface area contributed by atoms with Crippen LogP contribution in [-0.4, -0.2) is 49.1 Å². The van der Waals surface area contributed by atoms with Crippen molar-refractivity contribution in [2.75, 3.05) is 26.2 Å². The van der Waals surface area contributed by atoms with Crippen LogP contribution in [0.3, 0.4) is 0 Å². The molecule has 2 rings (SSSR count). The lowest BCUT2D eigenvalue weighted by Gasteiger charge is -2.25. The molecule has 0 saturated carbocycles. The third-order valence-electron chi connectivity index (χ3n) is 3.96. The Bertz CT molecular complexity index is 481. The lowest BCUT2D eigenvalue weighted by molar-refractivity contribution is -0.121. The molecule has 1 saturated heterocycles. The van der Waals surface area contributed by atoms with Gasteiger partial charge in [0.05, 0.1) is 17.9 Å². The fourth-order valence-corrected chi connectivity index (χ4v) is 2.61. The zero-order valence-electron chi connectivity index (χ0n) is 13.8. The number of nitrogens with zero attached hydrogens (tertiary/aromatic N) is 1. The normalized spacial score (nSPS) is 17.2. The lowest BCUT2D eigenvalue weighted by atomic mass is 10.2. The SMILES string of the molecule is CCCCNC(=O)CCN(CC1CCCO1)C(=O)c1ccoc1. The molecular weight excluding hydrogens is 296 g/mol. The minimum Gasteiger partial charge on any atom is -0.472 e. The highest BCUT2D eigenvalue weighted by atomic mass is 16.5. The van der Waals surface area contributed by atoms with Gasteiger partial charge in [0.15, 0.2) is 0 Å². The van der Waals surface area contributed by atoms with Crippen molar-refractivity contribution in [3.63, 3.8) is 0 Å². The molecule has 0 aromatic carbocycles. The van der Waals surface area contributed by atoms with E-state index in [1.807, 2.05) is 0 Å². The third kappa shape index (κ3) is 5.71. The van der Waals surface area contributed by atoms with Gasteiger partial charge in [-0.05, 0) is 25.3 Å². The summed E-state index contributed by atoms with van der Waals surface area (Å²) in [4.78, 5) is 26.1. The van der Waals surface area contributed by atoms with Gasteiger partial charge in [-0.1, -0.05) is 13.3 Å². The predicted molar refractivity (Wildman–Crippen MR) is 86.1 cm³/mol. The highest BCUT2D eigenvalue weighted by Crippen LogP contribution is 2.15. The number of carbonyl (C=O) groups excluding carboxylic acids is 2. The van der Waals surface area contributed by atoms with E-state index >= 15 is 0 Å². The molecule has 0 aliphatic carbocycles. The predicted octanol–water partition coefficient (Wildman–Crippen LogP) is 2.21. The highest BCUT2D eigenvalue weighted by Gasteiger charge is 2.24. The number of unbranched alkanes of at least 4 members (excludes halogenated alkanes) is 1. The number of hydrogen-bond donors (Lipinski definition) is 1. The van der Waals surface area contributed by atoms with E-state index in [1.165, 1.54) is 12.5 Å². The van der Waals surface area contributed by atoms with Crippen LogP contribution in [0.15, 0.2) is 23.0 Å². The smallest absolute Gasteiger partial charge is 0.257 e. The first-order valence-corrected chi connectivity index (χ1v) is 8.40. The quantitative estimate of drug-likeness (QED) is 0.708. The Kier molecular flexibility index (Phi) is 7.13. The largest absolute Gasteiger partial charge is 0.472 e. The van der Waals surface area contributed by atoms with E-state index in [-0.39, 0.29) is 17.9 Å². The Morgan fingerprint density at radius 3 is 2.96 bits per heavy atom. The molecule has 2 heterocycles. The van der Waals surface area contributed by atoms with Gasteiger partial charge in [0.2, 0.25) is 5.91 Å². The molecule has 1 N–H and O–H groups in total. The van der Waals surface area contributed by atoms with Crippen molar-refractivity contribution in [2.24, 2.45) is 0 Å². The molecule has 6 heteroatoms. The minimum absolute atomic E-state index is 0.0178. The number of hydrogen-bond acceptors (Lipinski definition) is 4. The van der Waals surface area contributed by atoms with E-state index in [0.717, 1.165) is 32.3 Å². The Morgan fingerprint density at radius 2 is 2.30 bits per heavy atom. The minimum atomic E-state index is -0.115. The molecule has 0 bridgehead atoms. The molecule has 1 aromatic heterocycles. The molecule has 6 nitrogen and oxygen atoms in total. The second-order valence-electron chi connectivity index (χ2n) is 5.85. The van der Waals surface area contributed by atoms with Crippen LogP contribution < -0.4 is 5.32 Å². The van der Waals surface area contributed by atoms with Crippen LogP contribution in [0.2, 0.25) is 0 Å². The van der Waals surface area contributed by atoms with Crippen molar-refractivity contribution >= 4 is 11.8 Å². The number of rotatable bonds is 9. The second kappa shape index (κ2) is 9.35. The van der Waals surface area contributed by atoms with Gasteiger partial charge in [-0.15, -0.1) is 0 Å². The van der Waals surface area contributed by atoms with E-state index in [2.05, 4.69) is 12.2 Å². The van der Waals surface area contributed by atoms with E-state index in [0.29, 0.717) is 31.6 Å². The summed E-state index contributed by atoms with van der Waals surface area (Å²) in [5.74, 6) is -0.133. The summed E-state index contributed by atoms with van der Waals surface area (Å²) in [5.41, 5.74) is 0.509. The molecule has 1 atom stereocenters. The summed E-state index contributed by atoms with van der Waals surface area (Å²) in [5, 5.41) is 2.88. The number of furan rings is 1. The molecule has 1 unspecified atom stereocenters. The molecule has 1 aliphatic rings. The molecule has 1 fully saturated rings. The first-order valence-electron chi connectivity index (χ1n) is 8.40. The molecule has 2 amide bonds. The Balaban J connectivity index is 1.87. The summed E-state index contributed by atoms with van der Waals surface area (Å²) in [6.07, 6.45) is 7.28. The lowest BCUT2D eigenvalue weighted by Crippen LogP contribution is -2.40. The van der Waals surface area contributed by atoms with Crippen LogP contribution in [0.4, 0.5) is 0 Å². The highest BCUT2D eigenvalue weighted by molar-refractivity contribution is 5.94. The maximum Gasteiger partial charge on any atom is 0.257 e. The topological polar surface area (TPSA) is 71.8 Å². The van der Waals surface area contributed by atoms with Gasteiger partial charge in [0, 0.05) is 32.7 Å². The second-order valence-corrected chi connectivity index (χ2v) is 5.85. The van der Waals surface area contributed by atoms with Crippen molar-refractivity contribution in [1.29, 1.82) is 0 Å². The molecule has 0 spiro atoms. The summed E-state index contributed by atoms with van der Waals surface area (Å²) >= 11 is 0. The van der Waals surface area contributed by atoms with Gasteiger partial charge in [0.25, 0.3) is 5.91 Å². The molecule has 1 aromatic rings. The summed E-state index contributed by atoms with van der Waals surface area (Å²) in [7, 11) is 0. The number of nitrogens with one attached hydrogen (secondary N) is 1. The van der Waals surface area contributed by atoms with E-state index < -0.39 is 0 Å². The van der Waals surface area contributed by atoms with Crippen molar-refractivity contribution < 1.29 is 18.7 Å².